The van der Waals surface area contributed by atoms with Crippen LogP contribution in [-0.2, 0) is 13.6 Å². The van der Waals surface area contributed by atoms with Gasteiger partial charge in [0.2, 0.25) is 0 Å². The van der Waals surface area contributed by atoms with Gasteiger partial charge in [-0.3, -0.25) is 0 Å². The van der Waals surface area contributed by atoms with Crippen LogP contribution in [0.1, 0.15) is 43.8 Å². The van der Waals surface area contributed by atoms with Gasteiger partial charge < -0.3 is 9.88 Å². The molecule has 1 heterocycles. The number of nitrogens with one attached hydrogen (secondary N) is 1. The smallest absolute Gasteiger partial charge is 0.146 e. The summed E-state index contributed by atoms with van der Waals surface area (Å²) in [5, 5.41) is 12.0. The molecule has 0 saturated heterocycles. The van der Waals surface area contributed by atoms with E-state index in [2.05, 4.69) is 27.1 Å². The molecule has 4 aliphatic rings. The van der Waals surface area contributed by atoms with Crippen LogP contribution in [0.5, 0.6) is 0 Å². The zero-order chi connectivity index (χ0) is 13.7. The van der Waals surface area contributed by atoms with E-state index >= 15 is 0 Å². The van der Waals surface area contributed by atoms with Gasteiger partial charge in [0.05, 0.1) is 6.54 Å². The first-order chi connectivity index (χ1) is 9.70. The molecule has 1 aromatic heterocycles. The molecular formula is C16H26N4. The zero-order valence-electron chi connectivity index (χ0n) is 12.7. The summed E-state index contributed by atoms with van der Waals surface area (Å²) in [6.07, 6.45) is 7.61. The highest BCUT2D eigenvalue weighted by molar-refractivity contribution is 4.99. The third-order valence-electron chi connectivity index (χ3n) is 6.27. The van der Waals surface area contributed by atoms with Crippen LogP contribution >= 0.6 is 0 Å². The first kappa shape index (κ1) is 12.8. The van der Waals surface area contributed by atoms with Crippen LogP contribution in [0.4, 0.5) is 0 Å². The molecule has 110 valence electrons. The lowest BCUT2D eigenvalue weighted by molar-refractivity contribution is -0.0356. The number of hydrogen-bond donors (Lipinski definition) is 1. The molecule has 1 N–H and O–H groups in total. The van der Waals surface area contributed by atoms with Crippen molar-refractivity contribution in [3.8, 4) is 0 Å². The molecule has 20 heavy (non-hydrogen) atoms. The molecule has 4 nitrogen and oxygen atoms in total. The topological polar surface area (TPSA) is 42.7 Å². The zero-order valence-corrected chi connectivity index (χ0v) is 12.7. The van der Waals surface area contributed by atoms with Crippen molar-refractivity contribution in [2.24, 2.45) is 36.6 Å². The SMILES string of the molecule is Cc1nnc(CNCC2C3CC4CC(C3)CC2C4)n1C. The highest BCUT2D eigenvalue weighted by atomic mass is 15.3. The minimum absolute atomic E-state index is 0.861. The number of hydrogen-bond acceptors (Lipinski definition) is 3. The van der Waals surface area contributed by atoms with Gasteiger partial charge >= 0.3 is 0 Å². The standard InChI is InChI=1S/C16H26N4/c1-10-18-19-16(20(10)2)9-17-8-15-13-4-11-3-12(6-13)7-14(15)5-11/h11-15,17H,3-9H2,1-2H3. The second-order valence-corrected chi connectivity index (χ2v) is 7.45. The summed E-state index contributed by atoms with van der Waals surface area (Å²) in [6.45, 7) is 4.05. The number of aromatic nitrogens is 3. The van der Waals surface area contributed by atoms with Crippen molar-refractivity contribution in [2.75, 3.05) is 6.54 Å². The highest BCUT2D eigenvalue weighted by Crippen LogP contribution is 2.56. The van der Waals surface area contributed by atoms with E-state index in [1.165, 1.54) is 32.2 Å². The maximum Gasteiger partial charge on any atom is 0.146 e. The summed E-state index contributed by atoms with van der Waals surface area (Å²) < 4.78 is 2.09. The highest BCUT2D eigenvalue weighted by Gasteiger charge is 2.47. The predicted octanol–water partition coefficient (Wildman–Crippen LogP) is 2.29. The second-order valence-electron chi connectivity index (χ2n) is 7.45. The van der Waals surface area contributed by atoms with E-state index in [1.807, 2.05) is 6.92 Å². The second kappa shape index (κ2) is 4.83. The van der Waals surface area contributed by atoms with Crippen LogP contribution in [0.2, 0.25) is 0 Å². The van der Waals surface area contributed by atoms with E-state index in [-0.39, 0.29) is 0 Å². The normalized spacial score (nSPS) is 38.6. The molecule has 4 heteroatoms. The van der Waals surface area contributed by atoms with Gasteiger partial charge in [0.25, 0.3) is 0 Å². The lowest BCUT2D eigenvalue weighted by Gasteiger charge is -2.54. The Morgan fingerprint density at radius 3 is 2.25 bits per heavy atom. The molecule has 1 aromatic rings. The maximum atomic E-state index is 4.24. The number of rotatable bonds is 4. The van der Waals surface area contributed by atoms with Crippen molar-refractivity contribution in [1.82, 2.24) is 20.1 Å². The molecule has 5 rings (SSSR count). The molecule has 0 aromatic carbocycles. The van der Waals surface area contributed by atoms with E-state index in [0.717, 1.165) is 47.8 Å². The Balaban J connectivity index is 1.35. The van der Waals surface area contributed by atoms with Crippen LogP contribution < -0.4 is 5.32 Å². The van der Waals surface area contributed by atoms with Gasteiger partial charge in [-0.05, 0) is 75.2 Å². The first-order valence-corrected chi connectivity index (χ1v) is 8.26. The summed E-state index contributed by atoms with van der Waals surface area (Å²) in [5.74, 6) is 7.17. The quantitative estimate of drug-likeness (QED) is 0.916. The summed E-state index contributed by atoms with van der Waals surface area (Å²) in [4.78, 5) is 0. The van der Waals surface area contributed by atoms with Crippen molar-refractivity contribution >= 4 is 0 Å². The summed E-state index contributed by atoms with van der Waals surface area (Å²) in [7, 11) is 2.05. The van der Waals surface area contributed by atoms with Gasteiger partial charge in [-0.15, -0.1) is 10.2 Å². The van der Waals surface area contributed by atoms with Crippen molar-refractivity contribution in [2.45, 2.75) is 45.6 Å². The maximum absolute atomic E-state index is 4.24. The third kappa shape index (κ3) is 2.09. The van der Waals surface area contributed by atoms with Crippen molar-refractivity contribution < 1.29 is 0 Å². The molecule has 4 fully saturated rings. The lowest BCUT2D eigenvalue weighted by atomic mass is 9.52. The van der Waals surface area contributed by atoms with Crippen molar-refractivity contribution in [3.63, 3.8) is 0 Å². The Morgan fingerprint density at radius 1 is 1.05 bits per heavy atom. The Kier molecular flexibility index (Phi) is 3.09. The molecule has 0 spiro atoms. The monoisotopic (exact) mass is 274 g/mol. The summed E-state index contributed by atoms with van der Waals surface area (Å²) in [6, 6.07) is 0. The molecule has 0 aliphatic heterocycles. The Morgan fingerprint density at radius 2 is 1.70 bits per heavy atom. The van der Waals surface area contributed by atoms with E-state index in [1.54, 1.807) is 6.42 Å². The molecule has 4 saturated carbocycles. The average molecular weight is 274 g/mol. The molecular weight excluding hydrogens is 248 g/mol. The first-order valence-electron chi connectivity index (χ1n) is 8.26. The molecule has 0 atom stereocenters. The predicted molar refractivity (Wildman–Crippen MR) is 78.0 cm³/mol. The van der Waals surface area contributed by atoms with Gasteiger partial charge in [0.1, 0.15) is 11.6 Å². The minimum atomic E-state index is 0.861. The van der Waals surface area contributed by atoms with Crippen LogP contribution in [0.3, 0.4) is 0 Å². The van der Waals surface area contributed by atoms with Gasteiger partial charge in [-0.2, -0.15) is 0 Å². The molecule has 4 aliphatic carbocycles. The van der Waals surface area contributed by atoms with Gasteiger partial charge in [-0.25, -0.2) is 0 Å². The van der Waals surface area contributed by atoms with Gasteiger partial charge in [0.15, 0.2) is 0 Å². The Labute approximate surface area is 121 Å². The fraction of sp³-hybridized carbons (Fsp3) is 0.875. The fourth-order valence-corrected chi connectivity index (χ4v) is 5.33. The van der Waals surface area contributed by atoms with Gasteiger partial charge in [-0.1, -0.05) is 0 Å². The molecule has 0 amide bonds. The Hall–Kier alpha value is -0.900. The minimum Gasteiger partial charge on any atom is -0.317 e. The fourth-order valence-electron chi connectivity index (χ4n) is 5.33. The van der Waals surface area contributed by atoms with Crippen LogP contribution in [0, 0.1) is 36.5 Å². The van der Waals surface area contributed by atoms with Crippen LogP contribution in [-0.4, -0.2) is 21.3 Å². The van der Waals surface area contributed by atoms with E-state index in [9.17, 15) is 0 Å². The molecule has 4 bridgehead atoms. The third-order valence-corrected chi connectivity index (χ3v) is 6.27. The number of nitrogens with zero attached hydrogens (tertiary/aromatic N) is 3. The largest absolute Gasteiger partial charge is 0.317 e. The van der Waals surface area contributed by atoms with Crippen molar-refractivity contribution in [3.05, 3.63) is 11.6 Å². The number of aryl methyl sites for hydroxylation is 1. The van der Waals surface area contributed by atoms with E-state index in [0.29, 0.717) is 0 Å². The average Bonchev–Trinajstić information content (AvgIpc) is 2.73. The van der Waals surface area contributed by atoms with E-state index < -0.39 is 0 Å². The van der Waals surface area contributed by atoms with E-state index in [4.69, 9.17) is 0 Å². The molecule has 0 radical (unpaired) electrons. The van der Waals surface area contributed by atoms with Gasteiger partial charge in [0, 0.05) is 7.05 Å². The lowest BCUT2D eigenvalue weighted by Crippen LogP contribution is -2.48. The van der Waals surface area contributed by atoms with Crippen molar-refractivity contribution in [1.29, 1.82) is 0 Å². The van der Waals surface area contributed by atoms with Crippen LogP contribution in [0.25, 0.3) is 0 Å². The summed E-state index contributed by atoms with van der Waals surface area (Å²) in [5.41, 5.74) is 0. The Bertz CT molecular complexity index is 465. The summed E-state index contributed by atoms with van der Waals surface area (Å²) >= 11 is 0. The molecule has 0 unspecified atom stereocenters. The van der Waals surface area contributed by atoms with Crippen LogP contribution in [0.15, 0.2) is 0 Å².